The van der Waals surface area contributed by atoms with E-state index < -0.39 is 0 Å². The number of nitrogens with zero attached hydrogens (tertiary/aromatic N) is 2. The Hall–Kier alpha value is -0.870. The third-order valence-corrected chi connectivity index (χ3v) is 4.07. The zero-order valence-corrected chi connectivity index (χ0v) is 12.2. The molecule has 2 aromatic rings. The molecule has 1 aliphatic heterocycles. The van der Waals surface area contributed by atoms with E-state index in [0.717, 1.165) is 17.3 Å². The molecule has 2 heterocycles. The maximum atomic E-state index is 5.80. The molecule has 0 N–H and O–H groups in total. The van der Waals surface area contributed by atoms with Crippen LogP contribution in [-0.4, -0.2) is 22.0 Å². The van der Waals surface area contributed by atoms with Gasteiger partial charge in [-0.1, -0.05) is 22.0 Å². The van der Waals surface area contributed by atoms with Gasteiger partial charge in [0, 0.05) is 9.86 Å². The first kappa shape index (κ1) is 12.2. The quantitative estimate of drug-likeness (QED) is 0.798. The van der Waals surface area contributed by atoms with Crippen molar-refractivity contribution in [1.29, 1.82) is 0 Å². The van der Waals surface area contributed by atoms with Crippen LogP contribution in [0.25, 0.3) is 10.9 Å². The van der Waals surface area contributed by atoms with Crippen molar-refractivity contribution in [3.8, 4) is 0 Å². The minimum Gasteiger partial charge on any atom is -0.375 e. The van der Waals surface area contributed by atoms with Gasteiger partial charge in [-0.3, -0.25) is 4.68 Å². The maximum Gasteiger partial charge on any atom is 0.0696 e. The lowest BCUT2D eigenvalue weighted by molar-refractivity contribution is -0.0499. The van der Waals surface area contributed by atoms with Gasteiger partial charge in [0.2, 0.25) is 0 Å². The van der Waals surface area contributed by atoms with Crippen molar-refractivity contribution >= 4 is 26.8 Å². The summed E-state index contributed by atoms with van der Waals surface area (Å²) in [5.74, 6) is 0. The van der Waals surface area contributed by atoms with Crippen molar-refractivity contribution in [3.63, 3.8) is 0 Å². The molecule has 18 heavy (non-hydrogen) atoms. The van der Waals surface area contributed by atoms with Crippen LogP contribution in [0.5, 0.6) is 0 Å². The van der Waals surface area contributed by atoms with Crippen molar-refractivity contribution in [2.75, 3.05) is 0 Å². The second-order valence-corrected chi connectivity index (χ2v) is 6.09. The highest BCUT2D eigenvalue weighted by Crippen LogP contribution is 2.31. The number of benzene rings is 1. The van der Waals surface area contributed by atoms with Crippen LogP contribution in [0, 0.1) is 0 Å². The topological polar surface area (TPSA) is 27.1 Å². The zero-order valence-electron chi connectivity index (χ0n) is 10.6. The molecule has 1 fully saturated rings. The van der Waals surface area contributed by atoms with Crippen molar-refractivity contribution < 1.29 is 4.74 Å². The molecule has 1 aliphatic rings. The van der Waals surface area contributed by atoms with E-state index in [4.69, 9.17) is 4.74 Å². The van der Waals surface area contributed by atoms with Crippen molar-refractivity contribution in [2.45, 2.75) is 44.9 Å². The molecule has 3 nitrogen and oxygen atoms in total. The Bertz CT molecular complexity index is 556. The predicted octanol–water partition coefficient (Wildman–Crippen LogP) is 3.93. The van der Waals surface area contributed by atoms with E-state index in [1.807, 2.05) is 6.20 Å². The highest BCUT2D eigenvalue weighted by Gasteiger charge is 2.27. The number of aromatic nitrogens is 2. The number of hydrogen-bond donors (Lipinski definition) is 0. The lowest BCUT2D eigenvalue weighted by Gasteiger charge is -2.32. The summed E-state index contributed by atoms with van der Waals surface area (Å²) in [5, 5.41) is 5.77. The molecule has 1 aromatic carbocycles. The second kappa shape index (κ2) is 4.67. The molecular weight excluding hydrogens is 292 g/mol. The normalized spacial score (nSPS) is 28.7. The SMILES string of the molecule is CC1CC(n2ncc3ccc(Br)cc32)CC(C)O1. The molecule has 0 bridgehead atoms. The van der Waals surface area contributed by atoms with Gasteiger partial charge in [0.15, 0.2) is 0 Å². The smallest absolute Gasteiger partial charge is 0.0696 e. The molecule has 96 valence electrons. The molecule has 0 spiro atoms. The monoisotopic (exact) mass is 308 g/mol. The molecular formula is C14H17BrN2O. The molecule has 1 saturated heterocycles. The van der Waals surface area contributed by atoms with Crippen LogP contribution in [0.4, 0.5) is 0 Å². The van der Waals surface area contributed by atoms with Gasteiger partial charge >= 0.3 is 0 Å². The Morgan fingerprint density at radius 3 is 2.72 bits per heavy atom. The molecule has 0 amide bonds. The van der Waals surface area contributed by atoms with Crippen LogP contribution in [0.15, 0.2) is 28.9 Å². The van der Waals surface area contributed by atoms with E-state index in [2.05, 4.69) is 57.8 Å². The summed E-state index contributed by atoms with van der Waals surface area (Å²) in [6, 6.07) is 6.75. The summed E-state index contributed by atoms with van der Waals surface area (Å²) < 4.78 is 9.06. The molecule has 1 aromatic heterocycles. The average molecular weight is 309 g/mol. The molecule has 0 aliphatic carbocycles. The Morgan fingerprint density at radius 2 is 2.00 bits per heavy atom. The van der Waals surface area contributed by atoms with E-state index in [1.54, 1.807) is 0 Å². The summed E-state index contributed by atoms with van der Waals surface area (Å²) in [7, 11) is 0. The first-order chi connectivity index (χ1) is 8.63. The van der Waals surface area contributed by atoms with E-state index in [0.29, 0.717) is 18.2 Å². The lowest BCUT2D eigenvalue weighted by Crippen LogP contribution is -2.31. The fraction of sp³-hybridized carbons (Fsp3) is 0.500. The van der Waals surface area contributed by atoms with E-state index >= 15 is 0 Å². The second-order valence-electron chi connectivity index (χ2n) is 5.17. The van der Waals surface area contributed by atoms with Gasteiger partial charge in [-0.15, -0.1) is 0 Å². The standard InChI is InChI=1S/C14H17BrN2O/c1-9-5-13(6-10(2)18-9)17-14-7-12(15)4-3-11(14)8-16-17/h3-4,7-10,13H,5-6H2,1-2H3. The van der Waals surface area contributed by atoms with Crippen LogP contribution in [-0.2, 0) is 4.74 Å². The minimum absolute atomic E-state index is 0.310. The van der Waals surface area contributed by atoms with Crippen molar-refractivity contribution in [1.82, 2.24) is 9.78 Å². The van der Waals surface area contributed by atoms with Crippen molar-refractivity contribution in [2.24, 2.45) is 0 Å². The summed E-state index contributed by atoms with van der Waals surface area (Å²) >= 11 is 3.53. The average Bonchev–Trinajstić information content (AvgIpc) is 2.70. The summed E-state index contributed by atoms with van der Waals surface area (Å²) in [6.45, 7) is 4.29. The van der Waals surface area contributed by atoms with Gasteiger partial charge in [-0.25, -0.2) is 0 Å². The highest BCUT2D eigenvalue weighted by molar-refractivity contribution is 9.10. The van der Waals surface area contributed by atoms with Gasteiger partial charge in [0.25, 0.3) is 0 Å². The fourth-order valence-electron chi connectivity index (χ4n) is 2.87. The molecule has 4 heteroatoms. The van der Waals surface area contributed by atoms with Crippen LogP contribution >= 0.6 is 15.9 Å². The largest absolute Gasteiger partial charge is 0.375 e. The number of fused-ring (bicyclic) bond motifs is 1. The van der Waals surface area contributed by atoms with Gasteiger partial charge in [0.1, 0.15) is 0 Å². The molecule has 0 saturated carbocycles. The number of ether oxygens (including phenoxy) is 1. The van der Waals surface area contributed by atoms with E-state index in [-0.39, 0.29) is 0 Å². The van der Waals surface area contributed by atoms with Gasteiger partial charge in [-0.05, 0) is 38.8 Å². The molecule has 2 atom stereocenters. The Kier molecular flexibility index (Phi) is 3.16. The summed E-state index contributed by atoms with van der Waals surface area (Å²) in [5.41, 5.74) is 1.20. The van der Waals surface area contributed by atoms with Crippen LogP contribution in [0.3, 0.4) is 0 Å². The lowest BCUT2D eigenvalue weighted by atomic mass is 10.00. The van der Waals surface area contributed by atoms with Gasteiger partial charge in [0.05, 0.1) is 30.0 Å². The highest BCUT2D eigenvalue weighted by atomic mass is 79.9. The third kappa shape index (κ3) is 2.19. The van der Waals surface area contributed by atoms with Crippen molar-refractivity contribution in [3.05, 3.63) is 28.9 Å². The van der Waals surface area contributed by atoms with Gasteiger partial charge in [-0.2, -0.15) is 5.10 Å². The molecule has 3 rings (SSSR count). The Morgan fingerprint density at radius 1 is 1.28 bits per heavy atom. The Balaban J connectivity index is 2.00. The number of rotatable bonds is 1. The first-order valence-electron chi connectivity index (χ1n) is 6.41. The molecule has 2 unspecified atom stereocenters. The summed E-state index contributed by atoms with van der Waals surface area (Å²) in [6.07, 6.45) is 4.64. The van der Waals surface area contributed by atoms with E-state index in [9.17, 15) is 0 Å². The Labute approximate surface area is 115 Å². The van der Waals surface area contributed by atoms with E-state index in [1.165, 1.54) is 10.9 Å². The van der Waals surface area contributed by atoms with Crippen LogP contribution < -0.4 is 0 Å². The number of halogens is 1. The summed E-state index contributed by atoms with van der Waals surface area (Å²) in [4.78, 5) is 0. The first-order valence-corrected chi connectivity index (χ1v) is 7.21. The zero-order chi connectivity index (χ0) is 12.7. The predicted molar refractivity (Wildman–Crippen MR) is 75.7 cm³/mol. The third-order valence-electron chi connectivity index (χ3n) is 3.58. The minimum atomic E-state index is 0.310. The number of hydrogen-bond acceptors (Lipinski definition) is 2. The fourth-order valence-corrected chi connectivity index (χ4v) is 3.22. The van der Waals surface area contributed by atoms with Crippen LogP contribution in [0.1, 0.15) is 32.7 Å². The van der Waals surface area contributed by atoms with Crippen LogP contribution in [0.2, 0.25) is 0 Å². The maximum absolute atomic E-state index is 5.80. The van der Waals surface area contributed by atoms with Gasteiger partial charge < -0.3 is 4.74 Å². The molecule has 0 radical (unpaired) electrons.